The van der Waals surface area contributed by atoms with Crippen molar-refractivity contribution in [1.82, 2.24) is 0 Å². The number of aliphatic imine (C=N–C) groups is 1. The highest BCUT2D eigenvalue weighted by Gasteiger charge is 2.38. The van der Waals surface area contributed by atoms with Gasteiger partial charge in [0.2, 0.25) is 0 Å². The number of carboxylic acid groups (broad SMARTS) is 2. The highest BCUT2D eigenvalue weighted by molar-refractivity contribution is 8.14. The number of aryl methyl sites for hydroxylation is 2. The Labute approximate surface area is 166 Å². The average Bonchev–Trinajstić information content (AvgIpc) is 2.59. The Kier molecular flexibility index (Phi) is 10.6. The fraction of sp³-hybridized carbons (Fsp3) is 0.438. The van der Waals surface area contributed by atoms with Crippen molar-refractivity contribution in [3.05, 3.63) is 29.3 Å². The zero-order chi connectivity index (χ0) is 22.8. The lowest BCUT2D eigenvalue weighted by molar-refractivity contribution is -0.193. The van der Waals surface area contributed by atoms with E-state index in [2.05, 4.69) is 42.4 Å². The average molecular weight is 448 g/mol. The predicted octanol–water partition coefficient (Wildman–Crippen LogP) is 4.47. The number of nitrogens with one attached hydrogen (secondary N) is 1. The Morgan fingerprint density at radius 2 is 1.41 bits per heavy atom. The minimum Gasteiger partial charge on any atom is -0.475 e. The van der Waals surface area contributed by atoms with Crippen LogP contribution in [0.3, 0.4) is 0 Å². The maximum atomic E-state index is 10.6. The van der Waals surface area contributed by atoms with Crippen LogP contribution >= 0.6 is 11.8 Å². The van der Waals surface area contributed by atoms with Crippen molar-refractivity contribution in [2.45, 2.75) is 32.6 Å². The first-order chi connectivity index (χ1) is 13.2. The summed E-state index contributed by atoms with van der Waals surface area (Å²) in [4.78, 5) is 22.3. The number of benzene rings is 1. The second-order valence-corrected chi connectivity index (χ2v) is 6.47. The Balaban J connectivity index is 0.000000473. The van der Waals surface area contributed by atoms with Crippen molar-refractivity contribution >= 4 is 34.6 Å². The smallest absolute Gasteiger partial charge is 0.475 e. The van der Waals surface area contributed by atoms with E-state index in [1.807, 2.05) is 11.8 Å². The standard InChI is InChI=1S/C12H16N2S.2C2HF3O2/c1-9-5-3-6-10(2)11(9)14-12-13-7-4-8-15-12;2*3-2(4,5)1(6)7/h3,5-6H,4,7-8H2,1-2H3,(H,13,14);2*(H,6,7). The molecular weight excluding hydrogens is 430 g/mol. The van der Waals surface area contributed by atoms with Gasteiger partial charge in [-0.05, 0) is 31.4 Å². The number of hydrogen-bond donors (Lipinski definition) is 3. The third-order valence-corrected chi connectivity index (χ3v) is 3.99. The molecule has 164 valence electrons. The van der Waals surface area contributed by atoms with Crippen molar-refractivity contribution in [2.75, 3.05) is 17.6 Å². The van der Waals surface area contributed by atoms with E-state index >= 15 is 0 Å². The van der Waals surface area contributed by atoms with E-state index in [-0.39, 0.29) is 0 Å². The number of carbonyl (C=O) groups is 2. The molecule has 0 aromatic heterocycles. The van der Waals surface area contributed by atoms with Crippen LogP contribution in [-0.2, 0) is 9.59 Å². The Morgan fingerprint density at radius 3 is 1.72 bits per heavy atom. The Morgan fingerprint density at radius 1 is 1.00 bits per heavy atom. The normalized spacial score (nSPS) is 13.7. The number of thioether (sulfide) groups is 1. The van der Waals surface area contributed by atoms with Crippen LogP contribution in [0.1, 0.15) is 17.5 Å². The van der Waals surface area contributed by atoms with Gasteiger partial charge in [-0.3, -0.25) is 4.99 Å². The Hall–Kier alpha value is -2.44. The van der Waals surface area contributed by atoms with E-state index in [9.17, 15) is 26.3 Å². The van der Waals surface area contributed by atoms with Crippen molar-refractivity contribution in [3.63, 3.8) is 0 Å². The predicted molar refractivity (Wildman–Crippen MR) is 96.3 cm³/mol. The summed E-state index contributed by atoms with van der Waals surface area (Å²) in [6.07, 6.45) is -8.97. The van der Waals surface area contributed by atoms with Gasteiger partial charge in [-0.15, -0.1) is 0 Å². The number of anilines is 1. The van der Waals surface area contributed by atoms with Gasteiger partial charge in [-0.25, -0.2) is 9.59 Å². The summed E-state index contributed by atoms with van der Waals surface area (Å²) in [6.45, 7) is 5.22. The van der Waals surface area contributed by atoms with Gasteiger partial charge in [-0.2, -0.15) is 26.3 Å². The van der Waals surface area contributed by atoms with E-state index in [0.717, 1.165) is 11.7 Å². The van der Waals surface area contributed by atoms with Gasteiger partial charge in [0.15, 0.2) is 5.17 Å². The summed E-state index contributed by atoms with van der Waals surface area (Å²) < 4.78 is 63.5. The number of alkyl halides is 6. The number of amidine groups is 1. The van der Waals surface area contributed by atoms with Gasteiger partial charge in [0.05, 0.1) is 0 Å². The van der Waals surface area contributed by atoms with Gasteiger partial charge in [0.25, 0.3) is 0 Å². The minimum atomic E-state index is -5.08. The van der Waals surface area contributed by atoms with Crippen LogP contribution in [0.5, 0.6) is 0 Å². The van der Waals surface area contributed by atoms with E-state index in [4.69, 9.17) is 19.8 Å². The Bertz CT molecular complexity index is 691. The summed E-state index contributed by atoms with van der Waals surface area (Å²) in [7, 11) is 0. The van der Waals surface area contributed by atoms with E-state index in [1.165, 1.54) is 29.0 Å². The summed E-state index contributed by atoms with van der Waals surface area (Å²) in [5.41, 5.74) is 3.78. The number of rotatable bonds is 1. The third-order valence-electron chi connectivity index (χ3n) is 2.99. The molecule has 13 heteroatoms. The second kappa shape index (κ2) is 11.5. The molecule has 0 atom stereocenters. The summed E-state index contributed by atoms with van der Waals surface area (Å²) >= 11 is 1.81. The van der Waals surface area contributed by atoms with Crippen molar-refractivity contribution in [1.29, 1.82) is 0 Å². The van der Waals surface area contributed by atoms with Crippen molar-refractivity contribution in [2.24, 2.45) is 4.99 Å². The molecule has 0 unspecified atom stereocenters. The lowest BCUT2D eigenvalue weighted by Gasteiger charge is -2.16. The third kappa shape index (κ3) is 11.2. The lowest BCUT2D eigenvalue weighted by atomic mass is 10.1. The zero-order valence-electron chi connectivity index (χ0n) is 15.2. The highest BCUT2D eigenvalue weighted by Crippen LogP contribution is 2.22. The molecule has 0 saturated heterocycles. The van der Waals surface area contributed by atoms with Crippen LogP contribution in [0.15, 0.2) is 23.2 Å². The molecule has 0 amide bonds. The topological polar surface area (TPSA) is 99.0 Å². The molecule has 0 spiro atoms. The number of para-hydroxylation sites is 1. The molecule has 0 bridgehead atoms. The van der Waals surface area contributed by atoms with Gasteiger partial charge < -0.3 is 15.5 Å². The first-order valence-electron chi connectivity index (χ1n) is 7.77. The molecule has 0 fully saturated rings. The minimum absolute atomic E-state index is 0.959. The van der Waals surface area contributed by atoms with Gasteiger partial charge in [-0.1, -0.05) is 30.0 Å². The maximum absolute atomic E-state index is 10.6. The summed E-state index contributed by atoms with van der Waals surface area (Å²) in [5, 5.41) is 18.7. The molecule has 2 rings (SSSR count). The van der Waals surface area contributed by atoms with Crippen molar-refractivity contribution < 1.29 is 46.1 Å². The molecule has 0 aliphatic carbocycles. The molecule has 3 N–H and O–H groups in total. The zero-order valence-corrected chi connectivity index (χ0v) is 16.0. The van der Waals surface area contributed by atoms with Crippen LogP contribution in [0.4, 0.5) is 32.0 Å². The van der Waals surface area contributed by atoms with Crippen LogP contribution in [0.25, 0.3) is 0 Å². The number of nitrogens with zero attached hydrogens (tertiary/aromatic N) is 1. The van der Waals surface area contributed by atoms with Crippen LogP contribution in [0.2, 0.25) is 0 Å². The lowest BCUT2D eigenvalue weighted by Crippen LogP contribution is -2.21. The highest BCUT2D eigenvalue weighted by atomic mass is 32.2. The molecule has 0 radical (unpaired) electrons. The molecule has 6 nitrogen and oxygen atoms in total. The van der Waals surface area contributed by atoms with Crippen molar-refractivity contribution in [3.8, 4) is 0 Å². The van der Waals surface area contributed by atoms with E-state index in [0.29, 0.717) is 0 Å². The second-order valence-electron chi connectivity index (χ2n) is 5.39. The van der Waals surface area contributed by atoms with Gasteiger partial charge >= 0.3 is 24.3 Å². The maximum Gasteiger partial charge on any atom is 0.490 e. The molecule has 1 aliphatic rings. The van der Waals surface area contributed by atoms with E-state index in [1.54, 1.807) is 0 Å². The van der Waals surface area contributed by atoms with Gasteiger partial charge in [0, 0.05) is 18.0 Å². The molecular formula is C16H18F6N2O4S. The first-order valence-corrected chi connectivity index (χ1v) is 8.75. The summed E-state index contributed by atoms with van der Waals surface area (Å²) in [5.74, 6) is -4.34. The summed E-state index contributed by atoms with van der Waals surface area (Å²) in [6, 6.07) is 6.35. The quantitative estimate of drug-likeness (QED) is 0.548. The monoisotopic (exact) mass is 448 g/mol. The number of aliphatic carboxylic acids is 2. The SMILES string of the molecule is Cc1cccc(C)c1NC1=NCCCS1.O=C(O)C(F)(F)F.O=C(O)C(F)(F)F. The van der Waals surface area contributed by atoms with Crippen LogP contribution in [0, 0.1) is 13.8 Å². The fourth-order valence-corrected chi connectivity index (χ4v) is 2.48. The fourth-order valence-electron chi connectivity index (χ4n) is 1.65. The molecule has 0 saturated carbocycles. The van der Waals surface area contributed by atoms with Crippen LogP contribution in [-0.4, -0.2) is 52.0 Å². The first kappa shape index (κ1) is 26.6. The number of halogens is 6. The number of hydrogen-bond acceptors (Lipinski definition) is 5. The molecule has 1 heterocycles. The number of carboxylic acids is 2. The van der Waals surface area contributed by atoms with Crippen LogP contribution < -0.4 is 5.32 Å². The molecule has 1 aliphatic heterocycles. The van der Waals surface area contributed by atoms with E-state index < -0.39 is 24.3 Å². The molecule has 1 aromatic rings. The van der Waals surface area contributed by atoms with Gasteiger partial charge in [0.1, 0.15) is 0 Å². The molecule has 29 heavy (non-hydrogen) atoms. The largest absolute Gasteiger partial charge is 0.490 e. The molecule has 1 aromatic carbocycles.